The highest BCUT2D eigenvalue weighted by Crippen LogP contribution is 1.92. The molecule has 6 nitrogen and oxygen atoms in total. The standard InChI is InChI=1S/C11H21N5O/c1-4-5-6-12-11(17)9(2)13-7-10-15-14-8-16(10)3/h8-9,13H,4-7H2,1-3H3,(H,12,17). The van der Waals surface area contributed by atoms with E-state index in [0.717, 1.165) is 25.2 Å². The first-order valence-electron chi connectivity index (χ1n) is 5.99. The molecule has 0 aromatic carbocycles. The third-order valence-electron chi connectivity index (χ3n) is 2.59. The average Bonchev–Trinajstić information content (AvgIpc) is 2.72. The highest BCUT2D eigenvalue weighted by Gasteiger charge is 2.12. The molecule has 0 spiro atoms. The summed E-state index contributed by atoms with van der Waals surface area (Å²) in [5, 5.41) is 13.7. The third-order valence-corrected chi connectivity index (χ3v) is 2.59. The lowest BCUT2D eigenvalue weighted by atomic mass is 10.3. The minimum atomic E-state index is -0.219. The largest absolute Gasteiger partial charge is 0.355 e. The van der Waals surface area contributed by atoms with Crippen LogP contribution < -0.4 is 10.6 Å². The molecule has 0 aliphatic heterocycles. The predicted molar refractivity (Wildman–Crippen MR) is 65.2 cm³/mol. The predicted octanol–water partition coefficient (Wildman–Crippen LogP) is 0.210. The van der Waals surface area contributed by atoms with Gasteiger partial charge in [0, 0.05) is 13.6 Å². The van der Waals surface area contributed by atoms with Gasteiger partial charge in [-0.15, -0.1) is 10.2 Å². The summed E-state index contributed by atoms with van der Waals surface area (Å²) in [5.41, 5.74) is 0. The van der Waals surface area contributed by atoms with Crippen LogP contribution in [0.4, 0.5) is 0 Å². The van der Waals surface area contributed by atoms with Crippen LogP contribution in [-0.2, 0) is 18.4 Å². The molecule has 1 atom stereocenters. The summed E-state index contributed by atoms with van der Waals surface area (Å²) in [6, 6.07) is -0.219. The monoisotopic (exact) mass is 239 g/mol. The highest BCUT2D eigenvalue weighted by atomic mass is 16.2. The van der Waals surface area contributed by atoms with Crippen molar-refractivity contribution in [3.63, 3.8) is 0 Å². The number of unbranched alkanes of at least 4 members (excludes halogenated alkanes) is 1. The maximum atomic E-state index is 11.6. The number of rotatable bonds is 7. The van der Waals surface area contributed by atoms with Crippen LogP contribution in [0, 0.1) is 0 Å². The van der Waals surface area contributed by atoms with Crippen LogP contribution >= 0.6 is 0 Å². The van der Waals surface area contributed by atoms with E-state index in [1.807, 2.05) is 18.5 Å². The topological polar surface area (TPSA) is 71.8 Å². The van der Waals surface area contributed by atoms with E-state index in [2.05, 4.69) is 27.8 Å². The summed E-state index contributed by atoms with van der Waals surface area (Å²) >= 11 is 0. The van der Waals surface area contributed by atoms with Gasteiger partial charge >= 0.3 is 0 Å². The zero-order valence-electron chi connectivity index (χ0n) is 10.7. The molecule has 0 bridgehead atoms. The molecule has 1 amide bonds. The SMILES string of the molecule is CCCCNC(=O)C(C)NCc1nncn1C. The normalized spacial score (nSPS) is 12.4. The summed E-state index contributed by atoms with van der Waals surface area (Å²) in [6.07, 6.45) is 3.74. The van der Waals surface area contributed by atoms with Gasteiger partial charge in [0.1, 0.15) is 12.2 Å². The minimum absolute atomic E-state index is 0.0284. The van der Waals surface area contributed by atoms with Gasteiger partial charge in [0.25, 0.3) is 0 Å². The second-order valence-corrected chi connectivity index (χ2v) is 4.11. The Morgan fingerprint density at radius 1 is 1.59 bits per heavy atom. The lowest BCUT2D eigenvalue weighted by Gasteiger charge is -2.13. The van der Waals surface area contributed by atoms with E-state index in [0.29, 0.717) is 6.54 Å². The van der Waals surface area contributed by atoms with Crippen molar-refractivity contribution in [1.82, 2.24) is 25.4 Å². The Labute approximate surface area is 102 Å². The van der Waals surface area contributed by atoms with E-state index in [1.54, 1.807) is 6.33 Å². The van der Waals surface area contributed by atoms with Crippen molar-refractivity contribution in [2.75, 3.05) is 6.54 Å². The van der Waals surface area contributed by atoms with Crippen LogP contribution in [0.5, 0.6) is 0 Å². The van der Waals surface area contributed by atoms with E-state index in [-0.39, 0.29) is 11.9 Å². The molecule has 0 aliphatic carbocycles. The fraction of sp³-hybridized carbons (Fsp3) is 0.727. The first kappa shape index (κ1) is 13.6. The molecule has 0 saturated carbocycles. The van der Waals surface area contributed by atoms with E-state index in [1.165, 1.54) is 0 Å². The van der Waals surface area contributed by atoms with E-state index >= 15 is 0 Å². The molecule has 0 saturated heterocycles. The van der Waals surface area contributed by atoms with Gasteiger partial charge in [-0.05, 0) is 13.3 Å². The first-order valence-corrected chi connectivity index (χ1v) is 5.99. The Morgan fingerprint density at radius 2 is 2.35 bits per heavy atom. The van der Waals surface area contributed by atoms with Crippen LogP contribution in [0.2, 0.25) is 0 Å². The number of aromatic nitrogens is 3. The van der Waals surface area contributed by atoms with Gasteiger partial charge < -0.3 is 9.88 Å². The number of nitrogens with zero attached hydrogens (tertiary/aromatic N) is 3. The second-order valence-electron chi connectivity index (χ2n) is 4.11. The van der Waals surface area contributed by atoms with Gasteiger partial charge in [0.2, 0.25) is 5.91 Å². The number of hydrogen-bond acceptors (Lipinski definition) is 4. The van der Waals surface area contributed by atoms with Crippen LogP contribution in [0.3, 0.4) is 0 Å². The van der Waals surface area contributed by atoms with Crippen molar-refractivity contribution in [1.29, 1.82) is 0 Å². The molecule has 0 fully saturated rings. The van der Waals surface area contributed by atoms with Gasteiger partial charge in [0.05, 0.1) is 12.6 Å². The summed E-state index contributed by atoms with van der Waals surface area (Å²) in [5.74, 6) is 0.846. The smallest absolute Gasteiger partial charge is 0.236 e. The van der Waals surface area contributed by atoms with Crippen molar-refractivity contribution in [2.24, 2.45) is 7.05 Å². The quantitative estimate of drug-likeness (QED) is 0.667. The first-order chi connectivity index (χ1) is 8.15. The van der Waals surface area contributed by atoms with Crippen LogP contribution in [0.25, 0.3) is 0 Å². The Balaban J connectivity index is 2.27. The van der Waals surface area contributed by atoms with Crippen molar-refractivity contribution in [3.05, 3.63) is 12.2 Å². The summed E-state index contributed by atoms with van der Waals surface area (Å²) in [6.45, 7) is 5.23. The van der Waals surface area contributed by atoms with E-state index < -0.39 is 0 Å². The van der Waals surface area contributed by atoms with Crippen molar-refractivity contribution in [3.8, 4) is 0 Å². The van der Waals surface area contributed by atoms with Gasteiger partial charge in [-0.25, -0.2) is 0 Å². The molecule has 1 heterocycles. The van der Waals surface area contributed by atoms with Gasteiger partial charge in [-0.1, -0.05) is 13.3 Å². The summed E-state index contributed by atoms with van der Waals surface area (Å²) < 4.78 is 1.83. The fourth-order valence-electron chi connectivity index (χ4n) is 1.35. The highest BCUT2D eigenvalue weighted by molar-refractivity contribution is 5.81. The minimum Gasteiger partial charge on any atom is -0.355 e. The molecular weight excluding hydrogens is 218 g/mol. The van der Waals surface area contributed by atoms with E-state index in [4.69, 9.17) is 0 Å². The Kier molecular flexibility index (Phi) is 5.62. The Morgan fingerprint density at radius 3 is 2.94 bits per heavy atom. The molecule has 1 rings (SSSR count). The Bertz CT molecular complexity index is 349. The molecule has 17 heavy (non-hydrogen) atoms. The fourth-order valence-corrected chi connectivity index (χ4v) is 1.35. The lowest BCUT2D eigenvalue weighted by Crippen LogP contribution is -2.42. The molecule has 1 aromatic heterocycles. The van der Waals surface area contributed by atoms with Crippen LogP contribution in [-0.4, -0.2) is 33.3 Å². The van der Waals surface area contributed by atoms with Gasteiger partial charge in [-0.3, -0.25) is 10.1 Å². The van der Waals surface area contributed by atoms with Crippen molar-refractivity contribution in [2.45, 2.75) is 39.3 Å². The van der Waals surface area contributed by atoms with Crippen LogP contribution in [0.15, 0.2) is 6.33 Å². The van der Waals surface area contributed by atoms with Crippen molar-refractivity contribution < 1.29 is 4.79 Å². The molecular formula is C11H21N5O. The molecule has 1 unspecified atom stereocenters. The number of carbonyl (C=O) groups is 1. The van der Waals surface area contributed by atoms with Gasteiger partial charge in [0.15, 0.2) is 0 Å². The maximum Gasteiger partial charge on any atom is 0.236 e. The lowest BCUT2D eigenvalue weighted by molar-refractivity contribution is -0.122. The molecule has 1 aromatic rings. The molecule has 96 valence electrons. The number of aryl methyl sites for hydroxylation is 1. The molecule has 0 radical (unpaired) electrons. The summed E-state index contributed by atoms with van der Waals surface area (Å²) in [4.78, 5) is 11.6. The summed E-state index contributed by atoms with van der Waals surface area (Å²) in [7, 11) is 1.88. The number of amides is 1. The molecule has 2 N–H and O–H groups in total. The maximum absolute atomic E-state index is 11.6. The molecule has 0 aliphatic rings. The number of nitrogens with one attached hydrogen (secondary N) is 2. The average molecular weight is 239 g/mol. The number of hydrogen-bond donors (Lipinski definition) is 2. The van der Waals surface area contributed by atoms with E-state index in [9.17, 15) is 4.79 Å². The zero-order chi connectivity index (χ0) is 12.7. The van der Waals surface area contributed by atoms with Crippen molar-refractivity contribution >= 4 is 5.91 Å². The zero-order valence-corrected chi connectivity index (χ0v) is 10.7. The Hall–Kier alpha value is -1.43. The van der Waals surface area contributed by atoms with Gasteiger partial charge in [-0.2, -0.15) is 0 Å². The third kappa shape index (κ3) is 4.52. The second kappa shape index (κ2) is 7.01. The molecule has 6 heteroatoms. The number of carbonyl (C=O) groups excluding carboxylic acids is 1. The van der Waals surface area contributed by atoms with Crippen LogP contribution in [0.1, 0.15) is 32.5 Å².